The monoisotopic (exact) mass is 201 g/mol. The van der Waals surface area contributed by atoms with Gasteiger partial charge in [-0.25, -0.2) is 0 Å². The average Bonchev–Trinajstić information content (AvgIpc) is 2.06. The Bertz CT molecular complexity index is 190. The van der Waals surface area contributed by atoms with Crippen LogP contribution >= 0.6 is 0 Å². The van der Waals surface area contributed by atoms with E-state index >= 15 is 0 Å². The Balaban J connectivity index is 2.10. The molecule has 82 valence electrons. The van der Waals surface area contributed by atoms with Gasteiger partial charge in [0, 0.05) is 32.8 Å². The van der Waals surface area contributed by atoms with Crippen LogP contribution in [0.2, 0.25) is 0 Å². The maximum Gasteiger partial charge on any atom is 0.303 e. The van der Waals surface area contributed by atoms with E-state index in [0.717, 1.165) is 26.1 Å². The zero-order valence-corrected chi connectivity index (χ0v) is 8.90. The molecule has 1 rings (SSSR count). The van der Waals surface area contributed by atoms with Crippen LogP contribution in [0.5, 0.6) is 0 Å². The molecule has 1 aliphatic rings. The van der Waals surface area contributed by atoms with E-state index in [9.17, 15) is 4.79 Å². The van der Waals surface area contributed by atoms with Crippen molar-refractivity contribution in [1.29, 1.82) is 0 Å². The molecule has 14 heavy (non-hydrogen) atoms. The molecule has 0 bridgehead atoms. The highest BCUT2D eigenvalue weighted by molar-refractivity contribution is 5.67. The fourth-order valence-electron chi connectivity index (χ4n) is 1.82. The second-order valence-corrected chi connectivity index (χ2v) is 4.05. The number of hydrogen-bond donors (Lipinski definition) is 1. The third-order valence-corrected chi connectivity index (χ3v) is 2.81. The van der Waals surface area contributed by atoms with Crippen molar-refractivity contribution in [3.63, 3.8) is 0 Å². The highest BCUT2D eigenvalue weighted by atomic mass is 16.5. The van der Waals surface area contributed by atoms with E-state index < -0.39 is 5.97 Å². The lowest BCUT2D eigenvalue weighted by molar-refractivity contribution is -0.139. The number of methoxy groups -OCH3 is 1. The molecule has 1 atom stereocenters. The molecular weight excluding hydrogens is 182 g/mol. The van der Waals surface area contributed by atoms with Crippen LogP contribution in [0.15, 0.2) is 0 Å². The molecule has 1 heterocycles. The molecule has 0 aromatic rings. The van der Waals surface area contributed by atoms with Crippen molar-refractivity contribution in [2.24, 2.45) is 5.92 Å². The summed E-state index contributed by atoms with van der Waals surface area (Å²) in [6.45, 7) is 4.80. The van der Waals surface area contributed by atoms with Gasteiger partial charge in [-0.15, -0.1) is 0 Å². The van der Waals surface area contributed by atoms with E-state index in [1.165, 1.54) is 0 Å². The quantitative estimate of drug-likeness (QED) is 0.691. The van der Waals surface area contributed by atoms with Crippen LogP contribution in [0.1, 0.15) is 19.8 Å². The van der Waals surface area contributed by atoms with Gasteiger partial charge in [0.1, 0.15) is 0 Å². The fourth-order valence-corrected chi connectivity index (χ4v) is 1.82. The number of aliphatic carboxylic acids is 1. The number of likely N-dealkylation sites (tertiary alicyclic amines) is 1. The summed E-state index contributed by atoms with van der Waals surface area (Å²) in [7, 11) is 1.70. The van der Waals surface area contributed by atoms with Gasteiger partial charge < -0.3 is 9.84 Å². The molecule has 1 unspecified atom stereocenters. The van der Waals surface area contributed by atoms with Crippen molar-refractivity contribution in [3.05, 3.63) is 0 Å². The molecule has 0 spiro atoms. The lowest BCUT2D eigenvalue weighted by Gasteiger charge is -2.42. The number of nitrogens with zero attached hydrogens (tertiary/aromatic N) is 1. The van der Waals surface area contributed by atoms with Crippen molar-refractivity contribution in [3.8, 4) is 0 Å². The molecule has 1 fully saturated rings. The zero-order chi connectivity index (χ0) is 10.6. The molecule has 1 aliphatic heterocycles. The van der Waals surface area contributed by atoms with Gasteiger partial charge in [0.15, 0.2) is 0 Å². The lowest BCUT2D eigenvalue weighted by Crippen LogP contribution is -2.51. The molecule has 0 aliphatic carbocycles. The first kappa shape index (κ1) is 11.5. The van der Waals surface area contributed by atoms with Gasteiger partial charge in [0.25, 0.3) is 0 Å². The normalized spacial score (nSPS) is 20.4. The molecule has 0 radical (unpaired) electrons. The minimum absolute atomic E-state index is 0.313. The first-order valence-electron chi connectivity index (χ1n) is 5.08. The predicted molar refractivity (Wildman–Crippen MR) is 53.3 cm³/mol. The highest BCUT2D eigenvalue weighted by Gasteiger charge is 2.31. The summed E-state index contributed by atoms with van der Waals surface area (Å²) < 4.78 is 5.00. The predicted octanol–water partition coefficient (Wildman–Crippen LogP) is 0.818. The topological polar surface area (TPSA) is 49.8 Å². The first-order chi connectivity index (χ1) is 6.63. The maximum absolute atomic E-state index is 10.4. The Morgan fingerprint density at radius 2 is 2.29 bits per heavy atom. The van der Waals surface area contributed by atoms with Crippen molar-refractivity contribution in [2.45, 2.75) is 25.8 Å². The van der Waals surface area contributed by atoms with E-state index in [1.807, 2.05) is 0 Å². The summed E-state index contributed by atoms with van der Waals surface area (Å²) >= 11 is 0. The van der Waals surface area contributed by atoms with Gasteiger partial charge in [-0.2, -0.15) is 0 Å². The molecule has 1 saturated heterocycles. The van der Waals surface area contributed by atoms with Crippen LogP contribution in [0.25, 0.3) is 0 Å². The highest BCUT2D eigenvalue weighted by Crippen LogP contribution is 2.22. The Kier molecular flexibility index (Phi) is 4.35. The molecule has 0 aromatic heterocycles. The third-order valence-electron chi connectivity index (χ3n) is 2.81. The molecule has 1 N–H and O–H groups in total. The SMILES string of the molecule is COCCC(C)N1CC(CC(=O)O)C1. The van der Waals surface area contributed by atoms with Crippen molar-refractivity contribution in [2.75, 3.05) is 26.8 Å². The van der Waals surface area contributed by atoms with Crippen LogP contribution in [0.4, 0.5) is 0 Å². The van der Waals surface area contributed by atoms with Gasteiger partial charge in [-0.05, 0) is 19.3 Å². The molecule has 0 aromatic carbocycles. The number of ether oxygens (including phenoxy) is 1. The van der Waals surface area contributed by atoms with Crippen molar-refractivity contribution < 1.29 is 14.6 Å². The summed E-state index contributed by atoms with van der Waals surface area (Å²) in [5.74, 6) is -0.323. The van der Waals surface area contributed by atoms with Gasteiger partial charge in [0.2, 0.25) is 0 Å². The van der Waals surface area contributed by atoms with Gasteiger partial charge in [-0.1, -0.05) is 0 Å². The standard InChI is InChI=1S/C10H19NO3/c1-8(3-4-14-2)11-6-9(7-11)5-10(12)13/h8-9H,3-7H2,1-2H3,(H,12,13). The smallest absolute Gasteiger partial charge is 0.303 e. The second kappa shape index (κ2) is 5.32. The third kappa shape index (κ3) is 3.27. The van der Waals surface area contributed by atoms with Gasteiger partial charge in [-0.3, -0.25) is 9.69 Å². The Morgan fingerprint density at radius 3 is 2.79 bits per heavy atom. The summed E-state index contributed by atoms with van der Waals surface area (Å²) in [5.41, 5.74) is 0. The van der Waals surface area contributed by atoms with Crippen molar-refractivity contribution in [1.82, 2.24) is 4.90 Å². The first-order valence-corrected chi connectivity index (χ1v) is 5.08. The van der Waals surface area contributed by atoms with E-state index in [2.05, 4.69) is 11.8 Å². The molecule has 0 saturated carbocycles. The van der Waals surface area contributed by atoms with Crippen molar-refractivity contribution >= 4 is 5.97 Å². The number of carboxylic acids is 1. The summed E-state index contributed by atoms with van der Waals surface area (Å²) in [4.78, 5) is 12.7. The van der Waals surface area contributed by atoms with Crippen LogP contribution in [0, 0.1) is 5.92 Å². The van der Waals surface area contributed by atoms with Gasteiger partial charge >= 0.3 is 5.97 Å². The van der Waals surface area contributed by atoms with Crippen LogP contribution in [-0.2, 0) is 9.53 Å². The molecule has 4 nitrogen and oxygen atoms in total. The van der Waals surface area contributed by atoms with E-state index in [4.69, 9.17) is 9.84 Å². The maximum atomic E-state index is 10.4. The number of carbonyl (C=O) groups is 1. The van der Waals surface area contributed by atoms with Gasteiger partial charge in [0.05, 0.1) is 6.42 Å². The van der Waals surface area contributed by atoms with E-state index in [0.29, 0.717) is 18.4 Å². The summed E-state index contributed by atoms with van der Waals surface area (Å²) in [5, 5.41) is 8.58. The summed E-state index contributed by atoms with van der Waals surface area (Å²) in [6, 6.07) is 0.514. The van der Waals surface area contributed by atoms with Crippen LogP contribution in [0.3, 0.4) is 0 Å². The Hall–Kier alpha value is -0.610. The van der Waals surface area contributed by atoms with Crippen LogP contribution < -0.4 is 0 Å². The largest absolute Gasteiger partial charge is 0.481 e. The minimum Gasteiger partial charge on any atom is -0.481 e. The van der Waals surface area contributed by atoms with Crippen LogP contribution in [-0.4, -0.2) is 48.8 Å². The average molecular weight is 201 g/mol. The Morgan fingerprint density at radius 1 is 1.64 bits per heavy atom. The molecule has 0 amide bonds. The van der Waals surface area contributed by atoms with E-state index in [1.54, 1.807) is 7.11 Å². The molecule has 4 heteroatoms. The molecular formula is C10H19NO3. The summed E-state index contributed by atoms with van der Waals surface area (Å²) in [6.07, 6.45) is 1.34. The Labute approximate surface area is 84.8 Å². The number of hydrogen-bond acceptors (Lipinski definition) is 3. The van der Waals surface area contributed by atoms with E-state index in [-0.39, 0.29) is 0 Å². The fraction of sp³-hybridized carbons (Fsp3) is 0.900. The zero-order valence-electron chi connectivity index (χ0n) is 8.90. The number of carboxylic acid groups (broad SMARTS) is 1. The minimum atomic E-state index is -0.681. The second-order valence-electron chi connectivity index (χ2n) is 4.05. The number of rotatable bonds is 6. The lowest BCUT2D eigenvalue weighted by atomic mass is 9.94.